The lowest BCUT2D eigenvalue weighted by atomic mass is 9.90. The average Bonchev–Trinajstić information content (AvgIpc) is 3.33. The molecule has 5 N–H and O–H groups in total. The summed E-state index contributed by atoms with van der Waals surface area (Å²) in [5.41, 5.74) is 3.28. The van der Waals surface area contributed by atoms with Gasteiger partial charge in [0.25, 0.3) is 0 Å². The Kier molecular flexibility index (Phi) is 14.7. The van der Waals surface area contributed by atoms with Gasteiger partial charge in [-0.25, -0.2) is 9.78 Å². The van der Waals surface area contributed by atoms with Gasteiger partial charge in [0, 0.05) is 25.6 Å². The number of hydrogen-bond donors (Lipinski definition) is 5. The Morgan fingerprint density at radius 3 is 2.31 bits per heavy atom. The van der Waals surface area contributed by atoms with Crippen LogP contribution in [0, 0.1) is 0 Å². The second-order valence-electron chi connectivity index (χ2n) is 9.91. The molecule has 0 spiro atoms. The molecule has 0 saturated carbocycles. The first-order valence-corrected chi connectivity index (χ1v) is 14.1. The number of anilines is 1. The highest BCUT2D eigenvalue weighted by Gasteiger charge is 2.23. The van der Waals surface area contributed by atoms with Gasteiger partial charge in [0.15, 0.2) is 0 Å². The Morgan fingerprint density at radius 2 is 1.72 bits per heavy atom. The highest BCUT2D eigenvalue weighted by Crippen LogP contribution is 2.33. The third kappa shape index (κ3) is 12.3. The van der Waals surface area contributed by atoms with Gasteiger partial charge in [-0.05, 0) is 82.3 Å². The van der Waals surface area contributed by atoms with Gasteiger partial charge < -0.3 is 25.4 Å². The molecule has 10 nitrogen and oxygen atoms in total. The molecule has 2 aromatic heterocycles. The van der Waals surface area contributed by atoms with Crippen molar-refractivity contribution < 1.29 is 24.6 Å². The van der Waals surface area contributed by atoms with Crippen LogP contribution in [0.4, 0.5) is 10.6 Å². The number of amides is 2. The number of allylic oxidation sites excluding steroid dienone is 1. The second kappa shape index (κ2) is 18.0. The van der Waals surface area contributed by atoms with Gasteiger partial charge in [-0.15, -0.1) is 0 Å². The van der Waals surface area contributed by atoms with Crippen molar-refractivity contribution in [3.8, 4) is 0 Å². The average molecular weight is 544 g/mol. The van der Waals surface area contributed by atoms with E-state index in [4.69, 9.17) is 15.2 Å². The predicted molar refractivity (Wildman–Crippen MR) is 154 cm³/mol. The van der Waals surface area contributed by atoms with Gasteiger partial charge >= 0.3 is 18.0 Å². The van der Waals surface area contributed by atoms with Crippen LogP contribution >= 0.6 is 0 Å². The summed E-state index contributed by atoms with van der Waals surface area (Å²) in [7, 11) is 0. The lowest BCUT2D eigenvalue weighted by Crippen LogP contribution is -2.33. The van der Waals surface area contributed by atoms with E-state index < -0.39 is 11.9 Å². The standard InChI is InChI=1S/C21H31N5O.C8H14O4/c1-3-5-11-22-21(27)25-19-8-7-18-20(24-19)17(15-23-18)16-9-13-26(14-10-16)12-6-4-2;9-7(10)5-3-1-2-4-6-8(11)12/h3,5,7-8,15-16,23H,4,6,9-14H2,1-2H3,(H2,22,24,25,27);1-6H2,(H,9,10)(H,11,12). The van der Waals surface area contributed by atoms with E-state index in [1.807, 2.05) is 31.2 Å². The van der Waals surface area contributed by atoms with Crippen molar-refractivity contribution in [1.82, 2.24) is 20.2 Å². The van der Waals surface area contributed by atoms with Crippen molar-refractivity contribution in [2.24, 2.45) is 0 Å². The topological polar surface area (TPSA) is 148 Å². The number of urea groups is 1. The summed E-state index contributed by atoms with van der Waals surface area (Å²) >= 11 is 0. The molecule has 0 atom stereocenters. The Bertz CT molecular complexity index is 1040. The van der Waals surface area contributed by atoms with Gasteiger partial charge in [0.1, 0.15) is 5.82 Å². The third-order valence-electron chi connectivity index (χ3n) is 6.80. The minimum absolute atomic E-state index is 0.188. The number of aromatic nitrogens is 2. The van der Waals surface area contributed by atoms with Crippen molar-refractivity contribution in [2.75, 3.05) is 31.5 Å². The number of aliphatic carboxylic acids is 2. The molecular weight excluding hydrogens is 498 g/mol. The van der Waals surface area contributed by atoms with E-state index in [1.54, 1.807) is 0 Å². The highest BCUT2D eigenvalue weighted by atomic mass is 16.4. The van der Waals surface area contributed by atoms with Crippen LogP contribution in [-0.2, 0) is 9.59 Å². The molecule has 0 bridgehead atoms. The second-order valence-corrected chi connectivity index (χ2v) is 9.91. The largest absolute Gasteiger partial charge is 0.481 e. The lowest BCUT2D eigenvalue weighted by Gasteiger charge is -2.31. The summed E-state index contributed by atoms with van der Waals surface area (Å²) in [5.74, 6) is -0.453. The molecule has 0 radical (unpaired) electrons. The number of carboxylic acids is 2. The Hall–Kier alpha value is -3.40. The Labute approximate surface area is 231 Å². The normalized spacial score (nSPS) is 14.2. The van der Waals surface area contributed by atoms with Crippen LogP contribution in [0.15, 0.2) is 30.5 Å². The third-order valence-corrected chi connectivity index (χ3v) is 6.80. The van der Waals surface area contributed by atoms with E-state index >= 15 is 0 Å². The minimum Gasteiger partial charge on any atom is -0.481 e. The first-order valence-electron chi connectivity index (χ1n) is 14.1. The van der Waals surface area contributed by atoms with E-state index in [0.29, 0.717) is 31.1 Å². The minimum atomic E-state index is -0.784. The van der Waals surface area contributed by atoms with Crippen LogP contribution in [0.5, 0.6) is 0 Å². The molecule has 2 amide bonds. The van der Waals surface area contributed by atoms with E-state index in [2.05, 4.69) is 33.6 Å². The van der Waals surface area contributed by atoms with Crippen molar-refractivity contribution >= 4 is 34.8 Å². The van der Waals surface area contributed by atoms with Crippen LogP contribution in [-0.4, -0.2) is 69.2 Å². The fourth-order valence-electron chi connectivity index (χ4n) is 4.59. The predicted octanol–water partition coefficient (Wildman–Crippen LogP) is 5.74. The molecule has 1 saturated heterocycles. The first kappa shape index (κ1) is 31.8. The number of H-pyrrole nitrogens is 1. The summed E-state index contributed by atoms with van der Waals surface area (Å²) < 4.78 is 0. The molecule has 0 unspecified atom stereocenters. The molecule has 0 aliphatic carbocycles. The Balaban J connectivity index is 0.000000377. The van der Waals surface area contributed by atoms with Gasteiger partial charge in [-0.2, -0.15) is 0 Å². The molecule has 1 aliphatic heterocycles. The summed E-state index contributed by atoms with van der Waals surface area (Å²) in [6, 6.07) is 3.59. The molecule has 1 aliphatic rings. The number of fused-ring (bicyclic) bond motifs is 1. The van der Waals surface area contributed by atoms with Crippen LogP contribution < -0.4 is 10.6 Å². The smallest absolute Gasteiger partial charge is 0.320 e. The number of carbonyl (C=O) groups is 3. The maximum Gasteiger partial charge on any atom is 0.320 e. The fraction of sp³-hybridized carbons (Fsp3) is 0.586. The van der Waals surface area contributed by atoms with Crippen LogP contribution in [0.25, 0.3) is 11.0 Å². The fourth-order valence-corrected chi connectivity index (χ4v) is 4.59. The first-order chi connectivity index (χ1) is 18.8. The Morgan fingerprint density at radius 1 is 1.05 bits per heavy atom. The van der Waals surface area contributed by atoms with E-state index in [9.17, 15) is 14.4 Å². The van der Waals surface area contributed by atoms with Crippen LogP contribution in [0.3, 0.4) is 0 Å². The van der Waals surface area contributed by atoms with Gasteiger partial charge in [-0.1, -0.05) is 38.3 Å². The van der Waals surface area contributed by atoms with E-state index in [1.165, 1.54) is 37.8 Å². The quantitative estimate of drug-likeness (QED) is 0.151. The molecule has 3 rings (SSSR count). The number of hydrogen-bond acceptors (Lipinski definition) is 5. The molecule has 2 aromatic rings. The number of nitrogens with one attached hydrogen (secondary N) is 3. The van der Waals surface area contributed by atoms with Crippen LogP contribution in [0.2, 0.25) is 0 Å². The van der Waals surface area contributed by atoms with Crippen molar-refractivity contribution in [3.63, 3.8) is 0 Å². The lowest BCUT2D eigenvalue weighted by molar-refractivity contribution is -0.138. The highest BCUT2D eigenvalue weighted by molar-refractivity contribution is 5.90. The monoisotopic (exact) mass is 543 g/mol. The molecule has 216 valence electrons. The molecule has 39 heavy (non-hydrogen) atoms. The maximum absolute atomic E-state index is 12.0. The number of aromatic amines is 1. The number of nitrogens with zero attached hydrogens (tertiary/aromatic N) is 2. The molecular formula is C29H45N5O5. The number of piperidine rings is 1. The number of carbonyl (C=O) groups excluding carboxylic acids is 1. The number of pyridine rings is 1. The number of unbranched alkanes of at least 4 members (excludes halogenated alkanes) is 4. The van der Waals surface area contributed by atoms with Gasteiger partial charge in [0.05, 0.1) is 11.0 Å². The zero-order valence-electron chi connectivity index (χ0n) is 23.4. The van der Waals surface area contributed by atoms with Crippen molar-refractivity contribution in [2.45, 2.75) is 84.0 Å². The molecule has 10 heteroatoms. The number of rotatable bonds is 14. The zero-order valence-corrected chi connectivity index (χ0v) is 23.4. The van der Waals surface area contributed by atoms with E-state index in [0.717, 1.165) is 37.0 Å². The molecule has 1 fully saturated rings. The van der Waals surface area contributed by atoms with Crippen molar-refractivity contribution in [3.05, 3.63) is 36.0 Å². The van der Waals surface area contributed by atoms with Crippen LogP contribution in [0.1, 0.15) is 89.5 Å². The van der Waals surface area contributed by atoms with Gasteiger partial charge in [0.2, 0.25) is 0 Å². The summed E-state index contributed by atoms with van der Waals surface area (Å²) in [6.07, 6.45) is 14.1. The van der Waals surface area contributed by atoms with Gasteiger partial charge in [-0.3, -0.25) is 14.9 Å². The maximum atomic E-state index is 12.0. The number of carboxylic acid groups (broad SMARTS) is 2. The van der Waals surface area contributed by atoms with Crippen molar-refractivity contribution in [1.29, 1.82) is 0 Å². The molecule has 3 heterocycles. The summed E-state index contributed by atoms with van der Waals surface area (Å²) in [6.45, 7) is 8.21. The zero-order chi connectivity index (χ0) is 28.5. The SMILES string of the molecule is CC=CCNC(=O)Nc1ccc2[nH]cc(C3CCN(CCCC)CC3)c2n1.O=C(O)CCCCCCC(=O)O. The summed E-state index contributed by atoms with van der Waals surface area (Å²) in [5, 5.41) is 22.1. The summed E-state index contributed by atoms with van der Waals surface area (Å²) in [4.78, 5) is 42.7. The van der Waals surface area contributed by atoms with E-state index in [-0.39, 0.29) is 18.9 Å². The molecule has 0 aromatic carbocycles. The number of likely N-dealkylation sites (tertiary alicyclic amines) is 1.